The number of aryl methyl sites for hydroxylation is 6. The maximum atomic E-state index is 5.48. The molecule has 0 aliphatic rings. The van der Waals surface area contributed by atoms with Gasteiger partial charge in [0.25, 0.3) is 0 Å². The van der Waals surface area contributed by atoms with E-state index in [0.29, 0.717) is 17.6 Å². The van der Waals surface area contributed by atoms with Crippen LogP contribution in [0.25, 0.3) is 56.2 Å². The maximum absolute atomic E-state index is 5.48. The lowest BCUT2D eigenvalue weighted by molar-refractivity contribution is 1.02. The van der Waals surface area contributed by atoms with E-state index in [4.69, 9.17) is 15.0 Å². The molecule has 9 aromatic carbocycles. The van der Waals surface area contributed by atoms with Crippen LogP contribution in [-0.2, 0) is 0 Å². The number of benzene rings is 9. The Balaban J connectivity index is 1.20. The van der Waals surface area contributed by atoms with E-state index in [1.54, 1.807) is 0 Å². The average Bonchev–Trinajstić information content (AvgIpc) is 3.36. The van der Waals surface area contributed by atoms with Crippen LogP contribution in [0.2, 0.25) is 0 Å². The molecule has 68 heavy (non-hydrogen) atoms. The molecule has 10 rings (SSSR count). The van der Waals surface area contributed by atoms with Crippen LogP contribution < -0.4 is 9.80 Å². The van der Waals surface area contributed by atoms with E-state index in [0.717, 1.165) is 61.6 Å². The van der Waals surface area contributed by atoms with Crippen LogP contribution in [0.5, 0.6) is 0 Å². The van der Waals surface area contributed by atoms with E-state index < -0.39 is 0 Å². The molecular weight excluding hydrogens is 827 g/mol. The zero-order chi connectivity index (χ0) is 46.7. The van der Waals surface area contributed by atoms with Gasteiger partial charge in [0, 0.05) is 28.1 Å². The largest absolute Gasteiger partial charge is 0.309 e. The van der Waals surface area contributed by atoms with E-state index in [9.17, 15) is 0 Å². The van der Waals surface area contributed by atoms with Crippen molar-refractivity contribution < 1.29 is 0 Å². The minimum Gasteiger partial charge on any atom is -0.309 e. The molecule has 0 aliphatic carbocycles. The molecule has 0 unspecified atom stereocenters. The summed E-state index contributed by atoms with van der Waals surface area (Å²) in [5.74, 6) is 1.66. The molecule has 10 aromatic rings. The van der Waals surface area contributed by atoms with Gasteiger partial charge in [-0.3, -0.25) is 4.90 Å². The zero-order valence-corrected chi connectivity index (χ0v) is 39.4. The fourth-order valence-electron chi connectivity index (χ4n) is 9.77. The molecule has 0 amide bonds. The van der Waals surface area contributed by atoms with Crippen molar-refractivity contribution in [3.8, 4) is 56.2 Å². The zero-order valence-electron chi connectivity index (χ0n) is 39.4. The quantitative estimate of drug-likeness (QED) is 0.130. The highest BCUT2D eigenvalue weighted by Gasteiger charge is 2.26. The highest BCUT2D eigenvalue weighted by Crippen LogP contribution is 2.46. The molecule has 0 aliphatic heterocycles. The molecule has 5 heteroatoms. The fourth-order valence-corrected chi connectivity index (χ4v) is 9.77. The van der Waals surface area contributed by atoms with Gasteiger partial charge >= 0.3 is 0 Å². The van der Waals surface area contributed by atoms with Crippen molar-refractivity contribution in [3.63, 3.8) is 0 Å². The molecule has 1 aromatic heterocycles. The standard InChI is InChI=1S/C63H53N5/c1-42-38-44(3)59(45(4)39-42)68(60-46(5)40-43(2)41-47(60)6)54-36-34-53(35-37-54)67(58-29-19-18-27-56(58)51-24-14-9-15-25-51)63-65-61(52-32-30-49(31-33-52)48-20-10-7-11-21-48)64-62(66-63)57-28-17-16-26-55(57)50-22-12-8-13-23-50/h7-41H,1-6H3. The third kappa shape index (κ3) is 8.70. The summed E-state index contributed by atoms with van der Waals surface area (Å²) >= 11 is 0. The molecule has 0 saturated carbocycles. The molecule has 0 fully saturated rings. The van der Waals surface area contributed by atoms with Gasteiger partial charge < -0.3 is 4.90 Å². The van der Waals surface area contributed by atoms with Crippen molar-refractivity contribution in [2.24, 2.45) is 0 Å². The monoisotopic (exact) mass is 879 g/mol. The van der Waals surface area contributed by atoms with Gasteiger partial charge in [0.2, 0.25) is 5.95 Å². The minimum atomic E-state index is 0.503. The predicted octanol–water partition coefficient (Wildman–Crippen LogP) is 17.0. The van der Waals surface area contributed by atoms with E-state index in [1.807, 2.05) is 12.1 Å². The van der Waals surface area contributed by atoms with Gasteiger partial charge in [-0.2, -0.15) is 9.97 Å². The first-order chi connectivity index (χ1) is 33.2. The normalized spacial score (nSPS) is 11.1. The van der Waals surface area contributed by atoms with Gasteiger partial charge in [0.05, 0.1) is 17.1 Å². The molecule has 5 nitrogen and oxygen atoms in total. The van der Waals surface area contributed by atoms with Crippen molar-refractivity contribution in [1.29, 1.82) is 0 Å². The SMILES string of the molecule is Cc1cc(C)c(N(c2ccc(N(c3nc(-c4ccc(-c5ccccc5)cc4)nc(-c4ccccc4-c4ccccc4)n3)c3ccccc3-c3ccccc3)cc2)c2c(C)cc(C)cc2C)c(C)c1. The van der Waals surface area contributed by atoms with Crippen LogP contribution in [0.4, 0.5) is 34.4 Å². The topological polar surface area (TPSA) is 45.2 Å². The second kappa shape index (κ2) is 18.8. The van der Waals surface area contributed by atoms with Gasteiger partial charge in [-0.1, -0.05) is 193 Å². The lowest BCUT2D eigenvalue weighted by atomic mass is 9.98. The van der Waals surface area contributed by atoms with Gasteiger partial charge in [-0.05, 0) is 122 Å². The van der Waals surface area contributed by atoms with Crippen LogP contribution in [0.1, 0.15) is 33.4 Å². The highest BCUT2D eigenvalue weighted by molar-refractivity contribution is 5.90. The van der Waals surface area contributed by atoms with Crippen molar-refractivity contribution in [3.05, 3.63) is 246 Å². The molecule has 0 N–H and O–H groups in total. The molecule has 0 atom stereocenters. The summed E-state index contributed by atoms with van der Waals surface area (Å²) in [6, 6.07) is 74.9. The number of rotatable bonds is 11. The molecule has 0 bridgehead atoms. The summed E-state index contributed by atoms with van der Waals surface area (Å²) in [6.45, 7) is 13.2. The number of para-hydroxylation sites is 1. The summed E-state index contributed by atoms with van der Waals surface area (Å²) in [5.41, 5.74) is 21.0. The van der Waals surface area contributed by atoms with Gasteiger partial charge in [-0.15, -0.1) is 0 Å². The third-order valence-corrected chi connectivity index (χ3v) is 12.6. The molecule has 0 radical (unpaired) electrons. The summed E-state index contributed by atoms with van der Waals surface area (Å²) in [4.78, 5) is 20.9. The van der Waals surface area contributed by atoms with Gasteiger partial charge in [-0.25, -0.2) is 4.98 Å². The predicted molar refractivity (Wildman–Crippen MR) is 285 cm³/mol. The number of hydrogen-bond acceptors (Lipinski definition) is 5. The number of nitrogens with zero attached hydrogens (tertiary/aromatic N) is 5. The second-order valence-corrected chi connectivity index (χ2v) is 17.7. The summed E-state index contributed by atoms with van der Waals surface area (Å²) in [6.07, 6.45) is 0. The van der Waals surface area contributed by atoms with Crippen LogP contribution >= 0.6 is 0 Å². The lowest BCUT2D eigenvalue weighted by Crippen LogP contribution is -2.18. The van der Waals surface area contributed by atoms with Crippen molar-refractivity contribution >= 4 is 34.4 Å². The third-order valence-electron chi connectivity index (χ3n) is 12.6. The van der Waals surface area contributed by atoms with Crippen LogP contribution in [0.3, 0.4) is 0 Å². The molecule has 0 saturated heterocycles. The summed E-state index contributed by atoms with van der Waals surface area (Å²) < 4.78 is 0. The van der Waals surface area contributed by atoms with Crippen molar-refractivity contribution in [2.75, 3.05) is 9.80 Å². The number of aromatic nitrogens is 3. The Bertz CT molecular complexity index is 3280. The Kier molecular flexibility index (Phi) is 12.0. The van der Waals surface area contributed by atoms with Crippen molar-refractivity contribution in [1.82, 2.24) is 15.0 Å². The van der Waals surface area contributed by atoms with Crippen LogP contribution in [0.15, 0.2) is 212 Å². The Labute approximate surface area is 400 Å². The van der Waals surface area contributed by atoms with E-state index in [-0.39, 0.29) is 0 Å². The van der Waals surface area contributed by atoms with E-state index in [2.05, 4.69) is 252 Å². The Morgan fingerprint density at radius 2 is 0.676 bits per heavy atom. The summed E-state index contributed by atoms with van der Waals surface area (Å²) in [7, 11) is 0. The lowest BCUT2D eigenvalue weighted by Gasteiger charge is -2.32. The smallest absolute Gasteiger partial charge is 0.238 e. The van der Waals surface area contributed by atoms with Gasteiger partial charge in [0.15, 0.2) is 11.6 Å². The van der Waals surface area contributed by atoms with E-state index >= 15 is 0 Å². The Hall–Kier alpha value is -8.41. The summed E-state index contributed by atoms with van der Waals surface area (Å²) in [5, 5.41) is 0. The molecule has 1 heterocycles. The first kappa shape index (κ1) is 43.5. The van der Waals surface area contributed by atoms with Crippen molar-refractivity contribution in [2.45, 2.75) is 41.5 Å². The first-order valence-corrected chi connectivity index (χ1v) is 23.3. The number of anilines is 6. The van der Waals surface area contributed by atoms with Crippen LogP contribution in [0, 0.1) is 41.5 Å². The highest BCUT2D eigenvalue weighted by atomic mass is 15.3. The molecular formula is C63H53N5. The van der Waals surface area contributed by atoms with E-state index in [1.165, 1.54) is 44.8 Å². The Morgan fingerprint density at radius 3 is 1.21 bits per heavy atom. The Morgan fingerprint density at radius 1 is 0.294 bits per heavy atom. The average molecular weight is 880 g/mol. The molecule has 0 spiro atoms. The number of hydrogen-bond donors (Lipinski definition) is 0. The minimum absolute atomic E-state index is 0.503. The molecule has 330 valence electrons. The maximum Gasteiger partial charge on any atom is 0.238 e. The van der Waals surface area contributed by atoms with Crippen LogP contribution in [-0.4, -0.2) is 15.0 Å². The van der Waals surface area contributed by atoms with Gasteiger partial charge in [0.1, 0.15) is 0 Å². The fraction of sp³-hybridized carbons (Fsp3) is 0.0952. The second-order valence-electron chi connectivity index (χ2n) is 17.7. The first-order valence-electron chi connectivity index (χ1n) is 23.3.